The fourth-order valence-corrected chi connectivity index (χ4v) is 2.34. The van der Waals surface area contributed by atoms with Gasteiger partial charge < -0.3 is 0 Å². The first-order valence-corrected chi connectivity index (χ1v) is 4.83. The fraction of sp³-hybridized carbons (Fsp3) is 0.154. The zero-order valence-electron chi connectivity index (χ0n) is 7.75. The van der Waals surface area contributed by atoms with E-state index in [0.717, 1.165) is 18.4 Å². The minimum atomic E-state index is 0.784. The molecule has 0 radical (unpaired) electrons. The number of rotatable bonds is 0. The Morgan fingerprint density at radius 2 is 1.93 bits per heavy atom. The first kappa shape index (κ1) is 7.58. The molecular weight excluding hydrogens is 170 g/mol. The van der Waals surface area contributed by atoms with Crippen molar-refractivity contribution in [2.24, 2.45) is 0 Å². The lowest BCUT2D eigenvalue weighted by Crippen LogP contribution is -1.82. The molecule has 1 aliphatic rings. The molecule has 1 heteroatoms. The van der Waals surface area contributed by atoms with Crippen LogP contribution in [-0.2, 0) is 12.8 Å². The number of hydrogen-bond acceptors (Lipinski definition) is 1. The lowest BCUT2D eigenvalue weighted by Gasteiger charge is -2.01. The summed E-state index contributed by atoms with van der Waals surface area (Å²) < 4.78 is 0. The molecule has 2 aromatic carbocycles. The van der Waals surface area contributed by atoms with E-state index in [9.17, 15) is 0 Å². The average Bonchev–Trinajstić information content (AvgIpc) is 2.64. The first-order chi connectivity index (χ1) is 6.88. The Kier molecular flexibility index (Phi) is 1.40. The molecule has 1 nitrogen and oxygen atoms in total. The van der Waals surface area contributed by atoms with Gasteiger partial charge in [-0.05, 0) is 46.9 Å². The molecular formula is C13H9N. The number of hydrogen-bond donors (Lipinski definition) is 0. The van der Waals surface area contributed by atoms with Gasteiger partial charge in [-0.15, -0.1) is 0 Å². The number of nitriles is 1. The summed E-state index contributed by atoms with van der Waals surface area (Å²) in [6, 6.07) is 12.6. The Morgan fingerprint density at radius 3 is 2.79 bits per heavy atom. The summed E-state index contributed by atoms with van der Waals surface area (Å²) in [6.07, 6.45) is 2.22. The van der Waals surface area contributed by atoms with E-state index < -0.39 is 0 Å². The van der Waals surface area contributed by atoms with Crippen LogP contribution >= 0.6 is 0 Å². The Labute approximate surface area is 82.6 Å². The van der Waals surface area contributed by atoms with Gasteiger partial charge in [0.05, 0.1) is 11.6 Å². The van der Waals surface area contributed by atoms with E-state index in [2.05, 4.69) is 24.3 Å². The number of benzene rings is 2. The van der Waals surface area contributed by atoms with Gasteiger partial charge in [-0.3, -0.25) is 0 Å². The van der Waals surface area contributed by atoms with Crippen molar-refractivity contribution in [1.29, 1.82) is 5.26 Å². The van der Waals surface area contributed by atoms with Crippen LogP contribution in [0.25, 0.3) is 10.8 Å². The van der Waals surface area contributed by atoms with Crippen LogP contribution in [0.5, 0.6) is 0 Å². The van der Waals surface area contributed by atoms with Crippen molar-refractivity contribution in [3.8, 4) is 6.07 Å². The van der Waals surface area contributed by atoms with Crippen molar-refractivity contribution in [2.45, 2.75) is 12.8 Å². The van der Waals surface area contributed by atoms with Crippen LogP contribution in [0.3, 0.4) is 0 Å². The molecule has 1 aliphatic carbocycles. The van der Waals surface area contributed by atoms with Crippen molar-refractivity contribution in [1.82, 2.24) is 0 Å². The lowest BCUT2D eigenvalue weighted by molar-refractivity contribution is 1.02. The predicted octanol–water partition coefficient (Wildman–Crippen LogP) is 2.81. The van der Waals surface area contributed by atoms with Crippen molar-refractivity contribution in [3.63, 3.8) is 0 Å². The van der Waals surface area contributed by atoms with E-state index in [-0.39, 0.29) is 0 Å². The molecule has 0 N–H and O–H groups in total. The summed E-state index contributed by atoms with van der Waals surface area (Å²) >= 11 is 0. The van der Waals surface area contributed by atoms with Crippen LogP contribution in [0.1, 0.15) is 16.7 Å². The van der Waals surface area contributed by atoms with E-state index >= 15 is 0 Å². The third kappa shape index (κ3) is 0.885. The largest absolute Gasteiger partial charge is 0.192 e. The maximum atomic E-state index is 8.88. The Bertz CT molecular complexity index is 561. The second kappa shape index (κ2) is 2.59. The van der Waals surface area contributed by atoms with E-state index in [0.29, 0.717) is 0 Å². The molecule has 0 bridgehead atoms. The Hall–Kier alpha value is -1.81. The molecule has 0 atom stereocenters. The summed E-state index contributed by atoms with van der Waals surface area (Å²) in [5.74, 6) is 0. The van der Waals surface area contributed by atoms with Crippen molar-refractivity contribution in [2.75, 3.05) is 0 Å². The van der Waals surface area contributed by atoms with Crippen molar-refractivity contribution in [3.05, 3.63) is 47.0 Å². The Balaban J connectivity index is 2.49. The topological polar surface area (TPSA) is 23.8 Å². The lowest BCUT2D eigenvalue weighted by atomic mass is 10.0. The molecule has 0 aliphatic heterocycles. The van der Waals surface area contributed by atoms with E-state index in [1.807, 2.05) is 12.1 Å². The molecule has 0 spiro atoms. The smallest absolute Gasteiger partial charge is 0.0991 e. The summed E-state index contributed by atoms with van der Waals surface area (Å²) in [6.45, 7) is 0. The highest BCUT2D eigenvalue weighted by atomic mass is 14.2. The summed E-state index contributed by atoms with van der Waals surface area (Å²) in [4.78, 5) is 0. The summed E-state index contributed by atoms with van der Waals surface area (Å²) in [5.41, 5.74) is 3.56. The normalized spacial score (nSPS) is 13.1. The maximum absolute atomic E-state index is 8.88. The highest BCUT2D eigenvalue weighted by Gasteiger charge is 2.14. The predicted molar refractivity (Wildman–Crippen MR) is 56.1 cm³/mol. The molecule has 2 aromatic rings. The highest BCUT2D eigenvalue weighted by Crippen LogP contribution is 2.31. The molecule has 0 saturated carbocycles. The second-order valence-corrected chi connectivity index (χ2v) is 3.76. The third-order valence-electron chi connectivity index (χ3n) is 2.94. The molecule has 0 fully saturated rings. The molecule has 14 heavy (non-hydrogen) atoms. The highest BCUT2D eigenvalue weighted by molar-refractivity contribution is 5.91. The molecule has 0 saturated heterocycles. The molecule has 0 unspecified atom stereocenters. The third-order valence-corrected chi connectivity index (χ3v) is 2.94. The van der Waals surface area contributed by atoms with Gasteiger partial charge in [0.25, 0.3) is 0 Å². The van der Waals surface area contributed by atoms with Gasteiger partial charge in [0, 0.05) is 0 Å². The SMILES string of the molecule is N#Cc1cc2c3c(cccc3c1)CC2. The first-order valence-electron chi connectivity index (χ1n) is 4.83. The van der Waals surface area contributed by atoms with Gasteiger partial charge in [0.1, 0.15) is 0 Å². The van der Waals surface area contributed by atoms with Gasteiger partial charge in [-0.2, -0.15) is 5.26 Å². The van der Waals surface area contributed by atoms with Crippen molar-refractivity contribution >= 4 is 10.8 Å². The number of nitrogens with zero attached hydrogens (tertiary/aromatic N) is 1. The van der Waals surface area contributed by atoms with Crippen LogP contribution < -0.4 is 0 Å². The van der Waals surface area contributed by atoms with Gasteiger partial charge >= 0.3 is 0 Å². The second-order valence-electron chi connectivity index (χ2n) is 3.76. The number of aryl methyl sites for hydroxylation is 2. The zero-order chi connectivity index (χ0) is 9.54. The van der Waals surface area contributed by atoms with Crippen LogP contribution in [0.15, 0.2) is 30.3 Å². The minimum Gasteiger partial charge on any atom is -0.192 e. The Morgan fingerprint density at radius 1 is 1.07 bits per heavy atom. The molecule has 66 valence electrons. The van der Waals surface area contributed by atoms with E-state index in [1.165, 1.54) is 21.9 Å². The van der Waals surface area contributed by atoms with Gasteiger partial charge in [0.15, 0.2) is 0 Å². The average molecular weight is 179 g/mol. The molecule has 0 heterocycles. The molecule has 0 amide bonds. The monoisotopic (exact) mass is 179 g/mol. The minimum absolute atomic E-state index is 0.784. The quantitative estimate of drug-likeness (QED) is 0.610. The summed E-state index contributed by atoms with van der Waals surface area (Å²) in [7, 11) is 0. The van der Waals surface area contributed by atoms with E-state index in [1.54, 1.807) is 0 Å². The van der Waals surface area contributed by atoms with Gasteiger partial charge in [-0.1, -0.05) is 18.2 Å². The maximum Gasteiger partial charge on any atom is 0.0991 e. The fourth-order valence-electron chi connectivity index (χ4n) is 2.34. The van der Waals surface area contributed by atoms with Gasteiger partial charge in [0.2, 0.25) is 0 Å². The van der Waals surface area contributed by atoms with Crippen molar-refractivity contribution < 1.29 is 0 Å². The summed E-state index contributed by atoms with van der Waals surface area (Å²) in [5, 5.41) is 11.5. The molecule has 0 aromatic heterocycles. The van der Waals surface area contributed by atoms with Crippen LogP contribution in [0, 0.1) is 11.3 Å². The van der Waals surface area contributed by atoms with Crippen LogP contribution in [0.2, 0.25) is 0 Å². The van der Waals surface area contributed by atoms with E-state index in [4.69, 9.17) is 5.26 Å². The van der Waals surface area contributed by atoms with Gasteiger partial charge in [-0.25, -0.2) is 0 Å². The van der Waals surface area contributed by atoms with Crippen LogP contribution in [0.4, 0.5) is 0 Å². The van der Waals surface area contributed by atoms with Crippen LogP contribution in [-0.4, -0.2) is 0 Å². The molecule has 3 rings (SSSR count). The standard InChI is InChI=1S/C13H9N/c14-8-9-6-11-3-1-2-10-4-5-12(7-9)13(10)11/h1-3,6-7H,4-5H2. The zero-order valence-corrected chi connectivity index (χ0v) is 7.75.